The normalized spacial score (nSPS) is 24.7. The molecule has 5 heteroatoms. The summed E-state index contributed by atoms with van der Waals surface area (Å²) in [7, 11) is 0. The first-order valence-corrected chi connectivity index (χ1v) is 10.4. The molecule has 3 aliphatic rings. The fourth-order valence-electron chi connectivity index (χ4n) is 4.86. The van der Waals surface area contributed by atoms with Crippen LogP contribution in [-0.4, -0.2) is 54.2 Å². The minimum absolute atomic E-state index is 0.328. The number of hydrogen-bond acceptors (Lipinski definition) is 4. The van der Waals surface area contributed by atoms with Crippen LogP contribution in [0.15, 0.2) is 42.6 Å². The van der Waals surface area contributed by atoms with E-state index in [-0.39, 0.29) is 0 Å². The summed E-state index contributed by atoms with van der Waals surface area (Å²) >= 11 is 0. The van der Waals surface area contributed by atoms with Gasteiger partial charge in [-0.05, 0) is 67.6 Å². The van der Waals surface area contributed by atoms with E-state index in [1.54, 1.807) is 4.90 Å². The van der Waals surface area contributed by atoms with Crippen molar-refractivity contribution >= 4 is 17.3 Å². The van der Waals surface area contributed by atoms with E-state index in [4.69, 9.17) is 5.73 Å². The molecular formula is C23H29N3O2. The quantitative estimate of drug-likeness (QED) is 0.608. The number of nitrogens with zero attached hydrogens (tertiary/aromatic N) is 2. The molecule has 1 aliphatic carbocycles. The Morgan fingerprint density at radius 2 is 1.86 bits per heavy atom. The molecule has 2 unspecified atom stereocenters. The minimum Gasteiger partial charge on any atom is -0.404 e. The smallest absolute Gasteiger partial charge is 0.294 e. The summed E-state index contributed by atoms with van der Waals surface area (Å²) in [6.45, 7) is 4.91. The van der Waals surface area contributed by atoms with Crippen LogP contribution in [0.1, 0.15) is 30.4 Å². The molecular weight excluding hydrogens is 350 g/mol. The van der Waals surface area contributed by atoms with Crippen molar-refractivity contribution in [1.29, 1.82) is 0 Å². The Kier molecular flexibility index (Phi) is 5.62. The summed E-state index contributed by atoms with van der Waals surface area (Å²) < 4.78 is 0. The molecule has 0 spiro atoms. The van der Waals surface area contributed by atoms with Crippen LogP contribution in [0.5, 0.6) is 0 Å². The molecule has 0 saturated carbocycles. The first-order valence-electron chi connectivity index (χ1n) is 10.4. The maximum Gasteiger partial charge on any atom is 0.294 e. The standard InChI is InChI=1S/C23H29N3O2/c24-11-9-22(27)23(28)26-15-19-7-8-20(21(19)16-26)18-5-3-17(4-6-18)10-14-25-12-1-2-13-25/h3-6,8-9,11,19,21H,1-2,7,10,12-16,24H2. The largest absolute Gasteiger partial charge is 0.404 e. The third-order valence-corrected chi connectivity index (χ3v) is 6.43. The van der Waals surface area contributed by atoms with Crippen molar-refractivity contribution < 1.29 is 9.59 Å². The summed E-state index contributed by atoms with van der Waals surface area (Å²) in [6.07, 6.45) is 9.35. The SMILES string of the molecule is NC=CC(=O)C(=O)N1CC2CC=C(c3ccc(CCN4CCCC4)cc3)C2C1. The second-order valence-electron chi connectivity index (χ2n) is 8.19. The van der Waals surface area contributed by atoms with E-state index >= 15 is 0 Å². The highest BCUT2D eigenvalue weighted by molar-refractivity contribution is 6.40. The predicted molar refractivity (Wildman–Crippen MR) is 110 cm³/mol. The highest BCUT2D eigenvalue weighted by Crippen LogP contribution is 2.43. The number of ketones is 1. The van der Waals surface area contributed by atoms with Gasteiger partial charge in [0.25, 0.3) is 5.91 Å². The number of nitrogens with two attached hydrogens (primary N) is 1. The van der Waals surface area contributed by atoms with Gasteiger partial charge in [-0.1, -0.05) is 30.3 Å². The zero-order chi connectivity index (χ0) is 19.5. The van der Waals surface area contributed by atoms with Gasteiger partial charge in [0.1, 0.15) is 0 Å². The number of carbonyl (C=O) groups excluding carboxylic acids is 2. The maximum absolute atomic E-state index is 12.3. The number of allylic oxidation sites excluding steroid dienone is 1. The summed E-state index contributed by atoms with van der Waals surface area (Å²) in [4.78, 5) is 28.3. The number of rotatable bonds is 6. The van der Waals surface area contributed by atoms with Crippen LogP contribution >= 0.6 is 0 Å². The van der Waals surface area contributed by atoms with E-state index in [2.05, 4.69) is 35.2 Å². The molecule has 1 aromatic carbocycles. The van der Waals surface area contributed by atoms with E-state index in [0.717, 1.165) is 31.7 Å². The van der Waals surface area contributed by atoms with Crippen molar-refractivity contribution in [3.8, 4) is 0 Å². The van der Waals surface area contributed by atoms with Crippen LogP contribution in [0, 0.1) is 11.8 Å². The molecule has 2 aliphatic heterocycles. The number of fused-ring (bicyclic) bond motifs is 1. The van der Waals surface area contributed by atoms with Crippen LogP contribution < -0.4 is 5.73 Å². The molecule has 1 amide bonds. The van der Waals surface area contributed by atoms with Gasteiger partial charge in [0.05, 0.1) is 0 Å². The highest BCUT2D eigenvalue weighted by Gasteiger charge is 2.41. The lowest BCUT2D eigenvalue weighted by atomic mass is 9.90. The van der Waals surface area contributed by atoms with Crippen molar-refractivity contribution in [2.45, 2.75) is 25.7 Å². The molecule has 0 radical (unpaired) electrons. The Balaban J connectivity index is 1.37. The Morgan fingerprint density at radius 3 is 2.57 bits per heavy atom. The molecule has 2 fully saturated rings. The molecule has 1 aromatic rings. The molecule has 0 bridgehead atoms. The number of benzene rings is 1. The van der Waals surface area contributed by atoms with Crippen LogP contribution in [-0.2, 0) is 16.0 Å². The molecule has 0 aromatic heterocycles. The van der Waals surface area contributed by atoms with Crippen molar-refractivity contribution in [3.05, 3.63) is 53.7 Å². The van der Waals surface area contributed by atoms with Gasteiger partial charge in [-0.25, -0.2) is 0 Å². The van der Waals surface area contributed by atoms with Gasteiger partial charge in [0.15, 0.2) is 0 Å². The zero-order valence-corrected chi connectivity index (χ0v) is 16.3. The fourth-order valence-corrected chi connectivity index (χ4v) is 4.86. The summed E-state index contributed by atoms with van der Waals surface area (Å²) in [5, 5.41) is 0. The van der Waals surface area contributed by atoms with Crippen LogP contribution in [0.4, 0.5) is 0 Å². The van der Waals surface area contributed by atoms with Gasteiger partial charge in [0, 0.05) is 31.6 Å². The van der Waals surface area contributed by atoms with Gasteiger partial charge in [-0.3, -0.25) is 9.59 Å². The average Bonchev–Trinajstić information content (AvgIpc) is 3.43. The lowest BCUT2D eigenvalue weighted by Gasteiger charge is -2.17. The van der Waals surface area contributed by atoms with Crippen LogP contribution in [0.25, 0.3) is 5.57 Å². The van der Waals surface area contributed by atoms with Gasteiger partial charge in [-0.2, -0.15) is 0 Å². The average molecular weight is 380 g/mol. The van der Waals surface area contributed by atoms with E-state index < -0.39 is 11.7 Å². The maximum atomic E-state index is 12.3. The summed E-state index contributed by atoms with van der Waals surface area (Å²) in [5.74, 6) is -0.222. The first kappa shape index (κ1) is 18.9. The molecule has 2 atom stereocenters. The summed E-state index contributed by atoms with van der Waals surface area (Å²) in [6, 6.07) is 8.93. The summed E-state index contributed by atoms with van der Waals surface area (Å²) in [5.41, 5.74) is 9.20. The van der Waals surface area contributed by atoms with Gasteiger partial charge < -0.3 is 15.5 Å². The first-order chi connectivity index (χ1) is 13.7. The molecule has 28 heavy (non-hydrogen) atoms. The predicted octanol–water partition coefficient (Wildman–Crippen LogP) is 2.23. The van der Waals surface area contributed by atoms with E-state index in [1.165, 1.54) is 42.6 Å². The fraction of sp³-hybridized carbons (Fsp3) is 0.478. The molecule has 2 saturated heterocycles. The van der Waals surface area contributed by atoms with Crippen molar-refractivity contribution in [1.82, 2.24) is 9.80 Å². The van der Waals surface area contributed by atoms with Gasteiger partial charge >= 0.3 is 0 Å². The van der Waals surface area contributed by atoms with E-state index in [0.29, 0.717) is 24.9 Å². The van der Waals surface area contributed by atoms with Crippen LogP contribution in [0.2, 0.25) is 0 Å². The number of likely N-dealkylation sites (tertiary alicyclic amines) is 2. The highest BCUT2D eigenvalue weighted by atomic mass is 16.2. The monoisotopic (exact) mass is 379 g/mol. The Hall–Kier alpha value is -2.40. The molecule has 2 heterocycles. The number of carbonyl (C=O) groups is 2. The number of hydrogen-bond donors (Lipinski definition) is 1. The third-order valence-electron chi connectivity index (χ3n) is 6.43. The van der Waals surface area contributed by atoms with Crippen molar-refractivity contribution in [3.63, 3.8) is 0 Å². The molecule has 148 valence electrons. The van der Waals surface area contributed by atoms with Gasteiger partial charge in [-0.15, -0.1) is 0 Å². The van der Waals surface area contributed by atoms with E-state index in [1.807, 2.05) is 0 Å². The molecule has 4 rings (SSSR count). The second kappa shape index (κ2) is 8.31. The van der Waals surface area contributed by atoms with Gasteiger partial charge in [0.2, 0.25) is 5.78 Å². The zero-order valence-electron chi connectivity index (χ0n) is 16.3. The third kappa shape index (κ3) is 3.90. The Morgan fingerprint density at radius 1 is 1.11 bits per heavy atom. The van der Waals surface area contributed by atoms with E-state index in [9.17, 15) is 9.59 Å². The lowest BCUT2D eigenvalue weighted by Crippen LogP contribution is -2.34. The topological polar surface area (TPSA) is 66.6 Å². The van der Waals surface area contributed by atoms with Crippen LogP contribution in [0.3, 0.4) is 0 Å². The van der Waals surface area contributed by atoms with Crippen molar-refractivity contribution in [2.75, 3.05) is 32.7 Å². The lowest BCUT2D eigenvalue weighted by molar-refractivity contribution is -0.141. The number of amides is 1. The second-order valence-corrected chi connectivity index (χ2v) is 8.19. The Labute approximate surface area is 166 Å². The molecule has 5 nitrogen and oxygen atoms in total. The van der Waals surface area contributed by atoms with Crippen molar-refractivity contribution in [2.24, 2.45) is 17.6 Å². The Bertz CT molecular complexity index is 791. The minimum atomic E-state index is -0.532. The molecule has 2 N–H and O–H groups in total.